The molecule has 0 aromatic heterocycles. The van der Waals surface area contributed by atoms with E-state index in [9.17, 15) is 13.2 Å². The molecule has 1 fully saturated rings. The highest BCUT2D eigenvalue weighted by molar-refractivity contribution is 7.89. The van der Waals surface area contributed by atoms with E-state index in [1.165, 1.54) is 11.2 Å². The number of carboxylic acids is 1. The lowest BCUT2D eigenvalue weighted by atomic mass is 10.1. The molecule has 0 amide bonds. The van der Waals surface area contributed by atoms with Gasteiger partial charge in [0.15, 0.2) is 0 Å². The molecule has 0 radical (unpaired) electrons. The molecule has 0 spiro atoms. The van der Waals surface area contributed by atoms with Crippen molar-refractivity contribution >= 4 is 16.0 Å². The first kappa shape index (κ1) is 11.5. The van der Waals surface area contributed by atoms with E-state index < -0.39 is 21.9 Å². The molecule has 1 rings (SSSR count). The number of carboxylic acid groups (broad SMARTS) is 1. The van der Waals surface area contributed by atoms with Crippen LogP contribution in [0.4, 0.5) is 0 Å². The average Bonchev–Trinajstić information content (AvgIpc) is 2.24. The van der Waals surface area contributed by atoms with Crippen LogP contribution in [0.15, 0.2) is 0 Å². The van der Waals surface area contributed by atoms with E-state index in [2.05, 4.69) is 0 Å². The van der Waals surface area contributed by atoms with Crippen LogP contribution in [0.25, 0.3) is 0 Å². The Bertz CT molecular complexity index is 324. The van der Waals surface area contributed by atoms with Crippen LogP contribution in [0.5, 0.6) is 0 Å². The van der Waals surface area contributed by atoms with E-state index >= 15 is 0 Å². The molecule has 0 aliphatic carbocycles. The highest BCUT2D eigenvalue weighted by Crippen LogP contribution is 2.20. The van der Waals surface area contributed by atoms with Gasteiger partial charge in [0, 0.05) is 13.1 Å². The fourth-order valence-electron chi connectivity index (χ4n) is 1.55. The second-order valence-corrected chi connectivity index (χ2v) is 5.95. The van der Waals surface area contributed by atoms with Gasteiger partial charge in [0.2, 0.25) is 10.0 Å². The van der Waals surface area contributed by atoms with Crippen LogP contribution in [0.3, 0.4) is 0 Å². The molecule has 1 heterocycles. The summed E-state index contributed by atoms with van der Waals surface area (Å²) < 4.78 is 24.2. The number of nitrogens with zero attached hydrogens (tertiary/aromatic N) is 1. The molecule has 0 aromatic rings. The summed E-state index contributed by atoms with van der Waals surface area (Å²) in [6.07, 6.45) is 0. The highest BCUT2D eigenvalue weighted by Gasteiger charge is 2.35. The topological polar surface area (TPSA) is 74.7 Å². The van der Waals surface area contributed by atoms with Gasteiger partial charge in [-0.05, 0) is 5.92 Å². The van der Waals surface area contributed by atoms with Crippen molar-refractivity contribution in [1.29, 1.82) is 0 Å². The van der Waals surface area contributed by atoms with Crippen molar-refractivity contribution in [3.8, 4) is 0 Å². The number of carbonyl (C=O) groups is 1. The van der Waals surface area contributed by atoms with Crippen LogP contribution in [-0.4, -0.2) is 42.6 Å². The summed E-state index contributed by atoms with van der Waals surface area (Å²) in [7, 11) is -3.19. The normalized spacial score (nSPS) is 28.9. The summed E-state index contributed by atoms with van der Waals surface area (Å²) in [6, 6.07) is 0. The van der Waals surface area contributed by atoms with Crippen molar-refractivity contribution in [2.45, 2.75) is 13.8 Å². The molecule has 82 valence electrons. The minimum absolute atomic E-state index is 0.0853. The second-order valence-electron chi connectivity index (χ2n) is 3.94. The van der Waals surface area contributed by atoms with Crippen LogP contribution in [0, 0.1) is 11.8 Å². The Labute approximate surface area is 83.8 Å². The zero-order valence-electron chi connectivity index (χ0n) is 8.30. The Balaban J connectivity index is 2.66. The smallest absolute Gasteiger partial charge is 0.307 e. The van der Waals surface area contributed by atoms with Crippen molar-refractivity contribution < 1.29 is 18.3 Å². The SMILES string of the molecule is CC1CN(CC(C)C(=O)O)S(=O)(=O)C1. The molecule has 5 nitrogen and oxygen atoms in total. The first-order valence-corrected chi connectivity index (χ1v) is 6.14. The maximum atomic E-state index is 11.5. The Morgan fingerprint density at radius 3 is 2.57 bits per heavy atom. The lowest BCUT2D eigenvalue weighted by molar-refractivity contribution is -0.141. The third-order valence-electron chi connectivity index (χ3n) is 2.30. The number of rotatable bonds is 3. The Hall–Kier alpha value is -0.620. The lowest BCUT2D eigenvalue weighted by Gasteiger charge is -2.16. The van der Waals surface area contributed by atoms with Gasteiger partial charge in [-0.25, -0.2) is 12.7 Å². The van der Waals surface area contributed by atoms with Gasteiger partial charge in [-0.1, -0.05) is 13.8 Å². The van der Waals surface area contributed by atoms with Crippen LogP contribution in [0.1, 0.15) is 13.8 Å². The number of sulfonamides is 1. The summed E-state index contributed by atoms with van der Waals surface area (Å²) >= 11 is 0. The Kier molecular flexibility index (Phi) is 3.16. The minimum atomic E-state index is -3.19. The summed E-state index contributed by atoms with van der Waals surface area (Å²) in [5.74, 6) is -1.37. The number of aliphatic carboxylic acids is 1. The summed E-state index contributed by atoms with van der Waals surface area (Å²) in [4.78, 5) is 10.6. The van der Waals surface area contributed by atoms with Gasteiger partial charge in [0.1, 0.15) is 0 Å². The van der Waals surface area contributed by atoms with Gasteiger partial charge in [0.05, 0.1) is 11.7 Å². The van der Waals surface area contributed by atoms with E-state index in [-0.39, 0.29) is 18.2 Å². The molecular formula is C8H15NO4S. The molecule has 1 N–H and O–H groups in total. The monoisotopic (exact) mass is 221 g/mol. The fraction of sp³-hybridized carbons (Fsp3) is 0.875. The van der Waals surface area contributed by atoms with Crippen molar-refractivity contribution in [3.05, 3.63) is 0 Å². The number of hydrogen-bond acceptors (Lipinski definition) is 3. The fourth-order valence-corrected chi connectivity index (χ4v) is 3.52. The molecule has 1 aliphatic rings. The first-order chi connectivity index (χ1) is 6.33. The Morgan fingerprint density at radius 1 is 1.64 bits per heavy atom. The minimum Gasteiger partial charge on any atom is -0.481 e. The van der Waals surface area contributed by atoms with Gasteiger partial charge in [-0.15, -0.1) is 0 Å². The molecular weight excluding hydrogens is 206 g/mol. The van der Waals surface area contributed by atoms with Crippen LogP contribution in [0.2, 0.25) is 0 Å². The third-order valence-corrected chi connectivity index (χ3v) is 4.38. The summed E-state index contributed by atoms with van der Waals surface area (Å²) in [5, 5.41) is 8.66. The zero-order chi connectivity index (χ0) is 10.9. The van der Waals surface area contributed by atoms with Crippen LogP contribution >= 0.6 is 0 Å². The molecule has 1 aliphatic heterocycles. The third kappa shape index (κ3) is 2.45. The zero-order valence-corrected chi connectivity index (χ0v) is 9.12. The van der Waals surface area contributed by atoms with Crippen molar-refractivity contribution in [2.24, 2.45) is 11.8 Å². The lowest BCUT2D eigenvalue weighted by Crippen LogP contribution is -2.33. The predicted molar refractivity (Wildman–Crippen MR) is 51.3 cm³/mol. The van der Waals surface area contributed by atoms with Gasteiger partial charge in [-0.2, -0.15) is 0 Å². The van der Waals surface area contributed by atoms with Gasteiger partial charge >= 0.3 is 5.97 Å². The van der Waals surface area contributed by atoms with Gasteiger partial charge in [-0.3, -0.25) is 4.79 Å². The van der Waals surface area contributed by atoms with Gasteiger partial charge < -0.3 is 5.11 Å². The maximum Gasteiger partial charge on any atom is 0.307 e. The van der Waals surface area contributed by atoms with E-state index in [0.29, 0.717) is 6.54 Å². The summed E-state index contributed by atoms with van der Waals surface area (Å²) in [5.41, 5.74) is 0. The molecule has 2 unspecified atom stereocenters. The summed E-state index contributed by atoms with van der Waals surface area (Å²) in [6.45, 7) is 3.89. The maximum absolute atomic E-state index is 11.5. The second kappa shape index (κ2) is 3.86. The standard InChI is InChI=1S/C8H15NO4S/c1-6-3-9(14(12,13)5-6)4-7(2)8(10)11/h6-7H,3-5H2,1-2H3,(H,10,11). The number of hydrogen-bond donors (Lipinski definition) is 1. The molecule has 0 saturated carbocycles. The molecule has 0 aromatic carbocycles. The van der Waals surface area contributed by atoms with Crippen molar-refractivity contribution in [3.63, 3.8) is 0 Å². The molecule has 6 heteroatoms. The van der Waals surface area contributed by atoms with Crippen molar-refractivity contribution in [2.75, 3.05) is 18.8 Å². The van der Waals surface area contributed by atoms with E-state index in [1.54, 1.807) is 0 Å². The first-order valence-electron chi connectivity index (χ1n) is 4.53. The molecule has 1 saturated heterocycles. The average molecular weight is 221 g/mol. The van der Waals surface area contributed by atoms with Crippen molar-refractivity contribution in [1.82, 2.24) is 4.31 Å². The predicted octanol–water partition coefficient (Wildman–Crippen LogP) is -0.0114. The van der Waals surface area contributed by atoms with Crippen LogP contribution < -0.4 is 0 Å². The molecule has 2 atom stereocenters. The van der Waals surface area contributed by atoms with Gasteiger partial charge in [0.25, 0.3) is 0 Å². The highest BCUT2D eigenvalue weighted by atomic mass is 32.2. The Morgan fingerprint density at radius 2 is 2.21 bits per heavy atom. The van der Waals surface area contributed by atoms with E-state index in [0.717, 1.165) is 0 Å². The van der Waals surface area contributed by atoms with Crippen LogP contribution in [-0.2, 0) is 14.8 Å². The molecule has 14 heavy (non-hydrogen) atoms. The molecule has 0 bridgehead atoms. The van der Waals surface area contributed by atoms with E-state index in [4.69, 9.17) is 5.11 Å². The van der Waals surface area contributed by atoms with E-state index in [1.807, 2.05) is 6.92 Å². The largest absolute Gasteiger partial charge is 0.481 e. The quantitative estimate of drug-likeness (QED) is 0.727.